The average Bonchev–Trinajstić information content (AvgIpc) is 3.11. The Balaban J connectivity index is 1.40. The molecule has 1 aromatic heterocycles. The number of hydrogen-bond donors (Lipinski definition) is 2. The number of benzene rings is 2. The lowest BCUT2D eigenvalue weighted by atomic mass is 10.2. The van der Waals surface area contributed by atoms with Crippen molar-refractivity contribution in [2.24, 2.45) is 0 Å². The van der Waals surface area contributed by atoms with Gasteiger partial charge in [-0.1, -0.05) is 18.2 Å². The predicted octanol–water partition coefficient (Wildman–Crippen LogP) is 3.66. The van der Waals surface area contributed by atoms with E-state index in [1.54, 1.807) is 30.5 Å². The van der Waals surface area contributed by atoms with Crippen LogP contribution < -0.4 is 10.2 Å². The Labute approximate surface area is 147 Å². The van der Waals surface area contributed by atoms with Gasteiger partial charge in [0.2, 0.25) is 5.89 Å². The zero-order chi connectivity index (χ0) is 17.5. The number of aromatic nitrogens is 1. The van der Waals surface area contributed by atoms with Crippen molar-refractivity contribution in [2.75, 3.05) is 25.0 Å². The minimum absolute atomic E-state index is 0.234. The van der Waals surface area contributed by atoms with E-state index in [-0.39, 0.29) is 5.75 Å². The van der Waals surface area contributed by atoms with Crippen LogP contribution >= 0.6 is 0 Å². The Bertz CT molecular complexity index is 769. The van der Waals surface area contributed by atoms with E-state index in [0.717, 1.165) is 30.8 Å². The van der Waals surface area contributed by atoms with Crippen LogP contribution in [-0.2, 0) is 6.54 Å². The van der Waals surface area contributed by atoms with Crippen molar-refractivity contribution in [1.29, 1.82) is 0 Å². The molecule has 0 atom stereocenters. The lowest BCUT2D eigenvalue weighted by Gasteiger charge is -2.19. The molecule has 0 unspecified atom stereocenters. The number of phenolic OH excluding ortho intramolecular Hbond substituents is 1. The monoisotopic (exact) mass is 337 g/mol. The molecule has 0 bridgehead atoms. The molecule has 0 saturated carbocycles. The van der Waals surface area contributed by atoms with Gasteiger partial charge in [0, 0.05) is 31.4 Å². The van der Waals surface area contributed by atoms with Gasteiger partial charge in [0.15, 0.2) is 0 Å². The number of para-hydroxylation sites is 1. The average molecular weight is 337 g/mol. The van der Waals surface area contributed by atoms with Gasteiger partial charge in [-0.15, -0.1) is 0 Å². The number of rotatable bonds is 8. The Morgan fingerprint density at radius 3 is 2.60 bits per heavy atom. The summed E-state index contributed by atoms with van der Waals surface area (Å²) in [6.45, 7) is 2.59. The van der Waals surface area contributed by atoms with Crippen molar-refractivity contribution in [2.45, 2.75) is 13.0 Å². The summed E-state index contributed by atoms with van der Waals surface area (Å²) in [4.78, 5) is 6.72. The molecule has 3 rings (SSSR count). The third-order valence-electron chi connectivity index (χ3n) is 4.02. The first-order valence-corrected chi connectivity index (χ1v) is 8.43. The standard InChI is InChI=1S/C20H23N3O2/c1-23(18-6-3-2-4-7-18)13-5-12-21-14-17-15-25-20(22-17)16-8-10-19(24)11-9-16/h2-4,6-11,15,21,24H,5,12-14H2,1H3. The van der Waals surface area contributed by atoms with E-state index in [1.807, 2.05) is 6.07 Å². The van der Waals surface area contributed by atoms with Crippen LogP contribution in [0.3, 0.4) is 0 Å². The van der Waals surface area contributed by atoms with E-state index in [9.17, 15) is 5.11 Å². The first-order chi connectivity index (χ1) is 12.2. The Morgan fingerprint density at radius 1 is 1.08 bits per heavy atom. The van der Waals surface area contributed by atoms with Crippen molar-refractivity contribution < 1.29 is 9.52 Å². The third-order valence-corrected chi connectivity index (χ3v) is 4.02. The summed E-state index contributed by atoms with van der Waals surface area (Å²) in [6, 6.07) is 17.2. The van der Waals surface area contributed by atoms with Crippen LogP contribution in [0.25, 0.3) is 11.5 Å². The van der Waals surface area contributed by atoms with E-state index < -0.39 is 0 Å². The fourth-order valence-electron chi connectivity index (χ4n) is 2.59. The van der Waals surface area contributed by atoms with Crippen molar-refractivity contribution in [3.63, 3.8) is 0 Å². The van der Waals surface area contributed by atoms with Crippen LogP contribution in [0.5, 0.6) is 5.75 Å². The molecule has 0 aliphatic carbocycles. The summed E-state index contributed by atoms with van der Waals surface area (Å²) in [5, 5.41) is 12.7. The van der Waals surface area contributed by atoms with Crippen LogP contribution in [0, 0.1) is 0 Å². The molecule has 2 N–H and O–H groups in total. The second kappa shape index (κ2) is 8.35. The van der Waals surface area contributed by atoms with Gasteiger partial charge in [0.05, 0.1) is 5.69 Å². The van der Waals surface area contributed by atoms with Crippen LogP contribution in [0.4, 0.5) is 5.69 Å². The van der Waals surface area contributed by atoms with Crippen LogP contribution in [0.2, 0.25) is 0 Å². The van der Waals surface area contributed by atoms with Crippen LogP contribution in [0.15, 0.2) is 65.3 Å². The van der Waals surface area contributed by atoms with Crippen molar-refractivity contribution >= 4 is 5.69 Å². The number of anilines is 1. The highest BCUT2D eigenvalue weighted by Gasteiger charge is 2.06. The lowest BCUT2D eigenvalue weighted by Crippen LogP contribution is -2.23. The quantitative estimate of drug-likeness (QED) is 0.614. The maximum absolute atomic E-state index is 9.32. The van der Waals surface area contributed by atoms with Gasteiger partial charge in [-0.25, -0.2) is 4.98 Å². The number of nitrogens with zero attached hydrogens (tertiary/aromatic N) is 2. The lowest BCUT2D eigenvalue weighted by molar-refractivity contribution is 0.475. The molecule has 1 heterocycles. The van der Waals surface area contributed by atoms with Gasteiger partial charge in [-0.05, 0) is 49.4 Å². The zero-order valence-corrected chi connectivity index (χ0v) is 14.4. The molecule has 0 saturated heterocycles. The van der Waals surface area contributed by atoms with Gasteiger partial charge < -0.3 is 19.7 Å². The largest absolute Gasteiger partial charge is 0.508 e. The highest BCUT2D eigenvalue weighted by atomic mass is 16.3. The molecular formula is C20H23N3O2. The number of nitrogens with one attached hydrogen (secondary N) is 1. The van der Waals surface area contributed by atoms with E-state index in [2.05, 4.69) is 46.5 Å². The van der Waals surface area contributed by atoms with Gasteiger partial charge >= 0.3 is 0 Å². The fourth-order valence-corrected chi connectivity index (χ4v) is 2.59. The number of oxazole rings is 1. The van der Waals surface area contributed by atoms with E-state index in [0.29, 0.717) is 12.4 Å². The molecule has 5 nitrogen and oxygen atoms in total. The number of phenols is 1. The van der Waals surface area contributed by atoms with Crippen LogP contribution in [-0.4, -0.2) is 30.2 Å². The van der Waals surface area contributed by atoms with E-state index in [4.69, 9.17) is 4.42 Å². The second-order valence-corrected chi connectivity index (χ2v) is 5.98. The molecule has 25 heavy (non-hydrogen) atoms. The van der Waals surface area contributed by atoms with E-state index in [1.165, 1.54) is 5.69 Å². The first kappa shape index (κ1) is 17.0. The summed E-state index contributed by atoms with van der Waals surface area (Å²) >= 11 is 0. The van der Waals surface area contributed by atoms with Crippen molar-refractivity contribution in [3.05, 3.63) is 66.6 Å². The summed E-state index contributed by atoms with van der Waals surface area (Å²) in [6.07, 6.45) is 2.72. The first-order valence-electron chi connectivity index (χ1n) is 8.43. The van der Waals surface area contributed by atoms with Gasteiger partial charge in [-0.3, -0.25) is 0 Å². The Morgan fingerprint density at radius 2 is 1.84 bits per heavy atom. The molecule has 0 aliphatic heterocycles. The molecule has 3 aromatic rings. The number of aromatic hydroxyl groups is 1. The molecule has 0 radical (unpaired) electrons. The van der Waals surface area contributed by atoms with Gasteiger partial charge in [0.25, 0.3) is 0 Å². The van der Waals surface area contributed by atoms with Crippen molar-refractivity contribution in [3.8, 4) is 17.2 Å². The highest BCUT2D eigenvalue weighted by molar-refractivity contribution is 5.54. The summed E-state index contributed by atoms with van der Waals surface area (Å²) in [7, 11) is 2.11. The molecule has 5 heteroatoms. The predicted molar refractivity (Wildman–Crippen MR) is 99.6 cm³/mol. The summed E-state index contributed by atoms with van der Waals surface area (Å²) in [5.74, 6) is 0.804. The molecule has 0 spiro atoms. The molecule has 2 aromatic carbocycles. The molecule has 130 valence electrons. The second-order valence-electron chi connectivity index (χ2n) is 5.98. The Hall–Kier alpha value is -2.79. The summed E-state index contributed by atoms with van der Waals surface area (Å²) < 4.78 is 5.50. The molecule has 0 fully saturated rings. The minimum Gasteiger partial charge on any atom is -0.508 e. The van der Waals surface area contributed by atoms with Crippen LogP contribution in [0.1, 0.15) is 12.1 Å². The topological polar surface area (TPSA) is 61.5 Å². The third kappa shape index (κ3) is 4.84. The minimum atomic E-state index is 0.234. The highest BCUT2D eigenvalue weighted by Crippen LogP contribution is 2.21. The zero-order valence-electron chi connectivity index (χ0n) is 14.4. The maximum atomic E-state index is 9.32. The molecular weight excluding hydrogens is 314 g/mol. The maximum Gasteiger partial charge on any atom is 0.226 e. The van der Waals surface area contributed by atoms with Crippen molar-refractivity contribution in [1.82, 2.24) is 10.3 Å². The smallest absolute Gasteiger partial charge is 0.226 e. The Kier molecular flexibility index (Phi) is 5.69. The fraction of sp³-hybridized carbons (Fsp3) is 0.250. The normalized spacial score (nSPS) is 10.8. The summed E-state index contributed by atoms with van der Waals surface area (Å²) in [5.41, 5.74) is 2.96. The number of hydrogen-bond acceptors (Lipinski definition) is 5. The SMILES string of the molecule is CN(CCCNCc1coc(-c2ccc(O)cc2)n1)c1ccccc1. The molecule has 0 aliphatic rings. The molecule has 0 amide bonds. The van der Waals surface area contributed by atoms with Gasteiger partial charge in [0.1, 0.15) is 12.0 Å². The van der Waals surface area contributed by atoms with E-state index >= 15 is 0 Å². The van der Waals surface area contributed by atoms with Gasteiger partial charge in [-0.2, -0.15) is 0 Å².